The summed E-state index contributed by atoms with van der Waals surface area (Å²) in [5.41, 5.74) is 1.19. The van der Waals surface area contributed by atoms with Crippen LogP contribution >= 0.6 is 23.4 Å². The third kappa shape index (κ3) is 3.66. The van der Waals surface area contributed by atoms with Crippen LogP contribution in [0.5, 0.6) is 0 Å². The summed E-state index contributed by atoms with van der Waals surface area (Å²) >= 11 is 7.48. The van der Waals surface area contributed by atoms with E-state index in [0.717, 1.165) is 11.4 Å². The Morgan fingerprint density at radius 2 is 2.09 bits per heavy atom. The van der Waals surface area contributed by atoms with Crippen molar-refractivity contribution in [3.63, 3.8) is 0 Å². The third-order valence-corrected chi connectivity index (χ3v) is 4.58. The summed E-state index contributed by atoms with van der Waals surface area (Å²) in [7, 11) is 0. The van der Waals surface area contributed by atoms with Crippen LogP contribution in [0.15, 0.2) is 46.6 Å². The van der Waals surface area contributed by atoms with Gasteiger partial charge in [-0.25, -0.2) is 9.67 Å². The summed E-state index contributed by atoms with van der Waals surface area (Å²) in [6, 6.07) is 7.83. The maximum absolute atomic E-state index is 5.93. The Morgan fingerprint density at radius 1 is 1.27 bits per heavy atom. The molecule has 1 aromatic carbocycles. The second kappa shape index (κ2) is 6.93. The number of hydrogen-bond acceptors (Lipinski definition) is 6. The van der Waals surface area contributed by atoms with E-state index >= 15 is 0 Å². The number of benzene rings is 1. The predicted molar refractivity (Wildman–Crippen MR) is 83.8 cm³/mol. The molecule has 8 heteroatoms. The standard InChI is InChI=1S/C14H14ClN5OS/c1-2-12(10-3-5-11(15)6-4-10)22-14-19-18-13(21-14)7-20-9-16-8-17-20/h3-6,8-9,12H,2,7H2,1H3/t12-/m0/s1. The van der Waals surface area contributed by atoms with Gasteiger partial charge in [0.15, 0.2) is 0 Å². The lowest BCUT2D eigenvalue weighted by Gasteiger charge is -2.12. The molecule has 0 radical (unpaired) electrons. The zero-order valence-corrected chi connectivity index (χ0v) is 13.5. The van der Waals surface area contributed by atoms with Gasteiger partial charge in [-0.15, -0.1) is 10.2 Å². The smallest absolute Gasteiger partial charge is 0.277 e. The van der Waals surface area contributed by atoms with E-state index < -0.39 is 0 Å². The minimum atomic E-state index is 0.247. The third-order valence-electron chi connectivity index (χ3n) is 3.07. The lowest BCUT2D eigenvalue weighted by molar-refractivity contribution is 0.397. The summed E-state index contributed by atoms with van der Waals surface area (Å²) in [5.74, 6) is 0.513. The van der Waals surface area contributed by atoms with E-state index in [0.29, 0.717) is 17.7 Å². The zero-order valence-electron chi connectivity index (χ0n) is 11.9. The quantitative estimate of drug-likeness (QED) is 0.641. The van der Waals surface area contributed by atoms with E-state index in [1.54, 1.807) is 22.8 Å². The number of halogens is 1. The van der Waals surface area contributed by atoms with Crippen molar-refractivity contribution in [3.8, 4) is 0 Å². The molecule has 114 valence electrons. The van der Waals surface area contributed by atoms with Crippen molar-refractivity contribution in [1.82, 2.24) is 25.0 Å². The lowest BCUT2D eigenvalue weighted by Crippen LogP contribution is -1.99. The number of nitrogens with zero attached hydrogens (tertiary/aromatic N) is 5. The van der Waals surface area contributed by atoms with Crippen LogP contribution in [0.25, 0.3) is 0 Å². The molecule has 0 N–H and O–H groups in total. The first-order valence-corrected chi connectivity index (χ1v) is 8.07. The second-order valence-corrected chi connectivity index (χ2v) is 6.21. The first kappa shape index (κ1) is 15.1. The second-order valence-electron chi connectivity index (χ2n) is 4.62. The maximum atomic E-state index is 5.93. The predicted octanol–water partition coefficient (Wildman–Crippen LogP) is 3.61. The number of hydrogen-bond donors (Lipinski definition) is 0. The van der Waals surface area contributed by atoms with Gasteiger partial charge in [-0.1, -0.05) is 42.4 Å². The van der Waals surface area contributed by atoms with E-state index in [1.165, 1.54) is 11.9 Å². The molecule has 6 nitrogen and oxygen atoms in total. The van der Waals surface area contributed by atoms with Gasteiger partial charge >= 0.3 is 0 Å². The number of rotatable bonds is 6. The molecule has 0 aliphatic heterocycles. The van der Waals surface area contributed by atoms with Gasteiger partial charge in [-0.3, -0.25) is 0 Å². The highest BCUT2D eigenvalue weighted by atomic mass is 35.5. The summed E-state index contributed by atoms with van der Waals surface area (Å²) in [6.45, 7) is 2.55. The van der Waals surface area contributed by atoms with Gasteiger partial charge in [0.25, 0.3) is 5.22 Å². The maximum Gasteiger partial charge on any atom is 0.277 e. The van der Waals surface area contributed by atoms with E-state index in [1.807, 2.05) is 24.3 Å². The van der Waals surface area contributed by atoms with Crippen molar-refractivity contribution in [2.45, 2.75) is 30.4 Å². The monoisotopic (exact) mass is 335 g/mol. The van der Waals surface area contributed by atoms with Crippen LogP contribution < -0.4 is 0 Å². The lowest BCUT2D eigenvalue weighted by atomic mass is 10.1. The van der Waals surface area contributed by atoms with Crippen LogP contribution in [0.4, 0.5) is 0 Å². The molecule has 0 amide bonds. The van der Waals surface area contributed by atoms with Gasteiger partial charge in [-0.2, -0.15) is 5.10 Å². The van der Waals surface area contributed by atoms with Crippen molar-refractivity contribution in [2.75, 3.05) is 0 Å². The average molecular weight is 336 g/mol. The Morgan fingerprint density at radius 3 is 2.77 bits per heavy atom. The Hall–Kier alpha value is -1.86. The molecule has 22 heavy (non-hydrogen) atoms. The Bertz CT molecular complexity index is 713. The van der Waals surface area contributed by atoms with Crippen LogP contribution in [0, 0.1) is 0 Å². The molecule has 2 aromatic heterocycles. The van der Waals surface area contributed by atoms with Gasteiger partial charge < -0.3 is 4.42 Å². The van der Waals surface area contributed by atoms with Crippen molar-refractivity contribution >= 4 is 23.4 Å². The molecule has 3 aromatic rings. The Balaban J connectivity index is 1.68. The molecule has 0 bridgehead atoms. The molecular formula is C14H14ClN5OS. The fourth-order valence-electron chi connectivity index (χ4n) is 1.99. The fourth-order valence-corrected chi connectivity index (χ4v) is 3.05. The Labute approximate surface area is 136 Å². The van der Waals surface area contributed by atoms with Gasteiger partial charge in [0.05, 0.1) is 0 Å². The molecule has 0 aliphatic carbocycles. The van der Waals surface area contributed by atoms with E-state index in [2.05, 4.69) is 27.2 Å². The molecule has 0 saturated carbocycles. The summed E-state index contributed by atoms with van der Waals surface area (Å²) in [6.07, 6.45) is 4.03. The van der Waals surface area contributed by atoms with Gasteiger partial charge in [0, 0.05) is 10.3 Å². The highest BCUT2D eigenvalue weighted by Crippen LogP contribution is 2.37. The van der Waals surface area contributed by atoms with Crippen LogP contribution in [0.1, 0.15) is 30.0 Å². The summed E-state index contributed by atoms with van der Waals surface area (Å²) in [4.78, 5) is 3.88. The molecule has 0 spiro atoms. The van der Waals surface area contributed by atoms with Crippen molar-refractivity contribution < 1.29 is 4.42 Å². The van der Waals surface area contributed by atoms with Crippen LogP contribution in [-0.4, -0.2) is 25.0 Å². The molecule has 0 unspecified atom stereocenters. The summed E-state index contributed by atoms with van der Waals surface area (Å²) < 4.78 is 7.30. The first-order chi connectivity index (χ1) is 10.7. The fraction of sp³-hybridized carbons (Fsp3) is 0.286. The molecule has 0 fully saturated rings. The normalized spacial score (nSPS) is 12.5. The minimum Gasteiger partial charge on any atom is -0.414 e. The number of aromatic nitrogens is 5. The van der Waals surface area contributed by atoms with E-state index in [9.17, 15) is 0 Å². The van der Waals surface area contributed by atoms with Crippen molar-refractivity contribution in [2.24, 2.45) is 0 Å². The molecule has 3 rings (SSSR count). The van der Waals surface area contributed by atoms with Crippen LogP contribution in [0.2, 0.25) is 5.02 Å². The minimum absolute atomic E-state index is 0.247. The largest absolute Gasteiger partial charge is 0.414 e. The molecular weight excluding hydrogens is 322 g/mol. The highest BCUT2D eigenvalue weighted by molar-refractivity contribution is 7.99. The van der Waals surface area contributed by atoms with Crippen molar-refractivity contribution in [3.05, 3.63) is 53.4 Å². The topological polar surface area (TPSA) is 69.6 Å². The SMILES string of the molecule is CC[C@H](Sc1nnc(Cn2cncn2)o1)c1ccc(Cl)cc1. The molecule has 0 aliphatic rings. The highest BCUT2D eigenvalue weighted by Gasteiger charge is 2.16. The average Bonchev–Trinajstić information content (AvgIpc) is 3.18. The Kier molecular flexibility index (Phi) is 4.74. The van der Waals surface area contributed by atoms with Crippen molar-refractivity contribution in [1.29, 1.82) is 0 Å². The molecule has 0 saturated heterocycles. The number of thioether (sulfide) groups is 1. The van der Waals surface area contributed by atoms with Crippen LogP contribution in [0.3, 0.4) is 0 Å². The van der Waals surface area contributed by atoms with Gasteiger partial charge in [-0.05, 0) is 24.1 Å². The van der Waals surface area contributed by atoms with E-state index in [4.69, 9.17) is 16.0 Å². The van der Waals surface area contributed by atoms with Crippen LogP contribution in [-0.2, 0) is 6.54 Å². The molecule has 2 heterocycles. The van der Waals surface area contributed by atoms with E-state index in [-0.39, 0.29) is 5.25 Å². The first-order valence-electron chi connectivity index (χ1n) is 6.81. The molecule has 1 atom stereocenters. The van der Waals surface area contributed by atoms with Gasteiger partial charge in [0.2, 0.25) is 5.89 Å². The summed E-state index contributed by atoms with van der Waals surface area (Å²) in [5, 5.41) is 13.7. The zero-order chi connectivity index (χ0) is 15.4. The van der Waals surface area contributed by atoms with Gasteiger partial charge in [0.1, 0.15) is 19.2 Å².